The van der Waals surface area contributed by atoms with Gasteiger partial charge in [-0.2, -0.15) is 10.2 Å². The van der Waals surface area contributed by atoms with Gasteiger partial charge in [0.05, 0.1) is 22.6 Å². The number of nitrogens with one attached hydrogen (secondary N) is 1. The van der Waals surface area contributed by atoms with Crippen LogP contribution >= 0.6 is 11.6 Å². The highest BCUT2D eigenvalue weighted by Crippen LogP contribution is 2.21. The molecule has 1 N–H and O–H groups in total. The molecule has 2 aromatic rings. The van der Waals surface area contributed by atoms with E-state index in [-0.39, 0.29) is 0 Å². The first-order chi connectivity index (χ1) is 8.90. The van der Waals surface area contributed by atoms with Crippen LogP contribution in [0.15, 0.2) is 6.20 Å². The molecular formula is C13H20ClN5. The minimum Gasteiger partial charge on any atom is -0.310 e. The molecule has 0 saturated carbocycles. The van der Waals surface area contributed by atoms with E-state index in [2.05, 4.69) is 29.4 Å². The summed E-state index contributed by atoms with van der Waals surface area (Å²) in [5.74, 6) is 0.959. The Hall–Kier alpha value is -1.33. The maximum atomic E-state index is 6.09. The Morgan fingerprint density at radius 1 is 1.26 bits per heavy atom. The molecule has 0 spiro atoms. The van der Waals surface area contributed by atoms with Crippen molar-refractivity contribution >= 4 is 11.6 Å². The Morgan fingerprint density at radius 3 is 2.47 bits per heavy atom. The van der Waals surface area contributed by atoms with Crippen molar-refractivity contribution in [2.75, 3.05) is 0 Å². The largest absolute Gasteiger partial charge is 0.310 e. The first-order valence-corrected chi connectivity index (χ1v) is 6.76. The van der Waals surface area contributed by atoms with Gasteiger partial charge in [0.15, 0.2) is 5.82 Å². The summed E-state index contributed by atoms with van der Waals surface area (Å²) >= 11 is 6.09. The molecule has 0 aliphatic carbocycles. The third kappa shape index (κ3) is 2.82. The number of nitrogens with zero attached hydrogens (tertiary/aromatic N) is 4. The van der Waals surface area contributed by atoms with Gasteiger partial charge in [-0.3, -0.25) is 4.68 Å². The first-order valence-electron chi connectivity index (χ1n) is 6.38. The van der Waals surface area contributed by atoms with E-state index in [9.17, 15) is 0 Å². The second kappa shape index (κ2) is 5.35. The maximum absolute atomic E-state index is 6.09. The highest BCUT2D eigenvalue weighted by Gasteiger charge is 2.17. The van der Waals surface area contributed by atoms with Crippen molar-refractivity contribution in [3.8, 4) is 5.82 Å². The summed E-state index contributed by atoms with van der Waals surface area (Å²) in [5, 5.41) is 13.0. The topological polar surface area (TPSA) is 47.7 Å². The predicted octanol–water partition coefficient (Wildman–Crippen LogP) is 2.37. The Morgan fingerprint density at radius 2 is 1.95 bits per heavy atom. The van der Waals surface area contributed by atoms with E-state index in [1.54, 1.807) is 4.68 Å². The van der Waals surface area contributed by atoms with E-state index in [1.165, 1.54) is 0 Å². The lowest BCUT2D eigenvalue weighted by atomic mass is 10.2. The second-order valence-corrected chi connectivity index (χ2v) is 5.46. The summed E-state index contributed by atoms with van der Waals surface area (Å²) in [6.07, 6.45) is 1.83. The van der Waals surface area contributed by atoms with Gasteiger partial charge in [-0.25, -0.2) is 4.68 Å². The molecule has 0 unspecified atom stereocenters. The molecule has 5 nitrogen and oxygen atoms in total. The maximum Gasteiger partial charge on any atom is 0.156 e. The number of halogens is 1. The molecular weight excluding hydrogens is 262 g/mol. The van der Waals surface area contributed by atoms with Crippen molar-refractivity contribution in [3.63, 3.8) is 0 Å². The molecule has 0 aromatic carbocycles. The van der Waals surface area contributed by atoms with Gasteiger partial charge in [0, 0.05) is 25.2 Å². The lowest BCUT2D eigenvalue weighted by molar-refractivity contribution is 0.583. The zero-order valence-electron chi connectivity index (χ0n) is 12.0. The molecule has 2 rings (SSSR count). The van der Waals surface area contributed by atoms with Gasteiger partial charge in [0.25, 0.3) is 0 Å². The molecule has 104 valence electrons. The van der Waals surface area contributed by atoms with Gasteiger partial charge < -0.3 is 5.32 Å². The molecule has 6 heteroatoms. The SMILES string of the molecule is Cc1nn(-c2c(CNC(C)C)c(C)nn2C)cc1Cl. The molecule has 0 saturated heterocycles. The highest BCUT2D eigenvalue weighted by molar-refractivity contribution is 6.31. The summed E-state index contributed by atoms with van der Waals surface area (Å²) in [7, 11) is 1.92. The van der Waals surface area contributed by atoms with Gasteiger partial charge in [0.1, 0.15) is 0 Å². The van der Waals surface area contributed by atoms with Gasteiger partial charge in [0.2, 0.25) is 0 Å². The molecule has 0 fully saturated rings. The minimum atomic E-state index is 0.426. The molecule has 0 bridgehead atoms. The molecule has 19 heavy (non-hydrogen) atoms. The second-order valence-electron chi connectivity index (χ2n) is 5.05. The molecule has 2 heterocycles. The fourth-order valence-corrected chi connectivity index (χ4v) is 2.17. The average molecular weight is 282 g/mol. The quantitative estimate of drug-likeness (QED) is 0.936. The number of hydrogen-bond acceptors (Lipinski definition) is 3. The molecule has 2 aromatic heterocycles. The van der Waals surface area contributed by atoms with Crippen LogP contribution in [0.4, 0.5) is 0 Å². The van der Waals surface area contributed by atoms with Crippen molar-refractivity contribution in [1.82, 2.24) is 24.9 Å². The van der Waals surface area contributed by atoms with E-state index in [4.69, 9.17) is 11.6 Å². The van der Waals surface area contributed by atoms with E-state index in [0.29, 0.717) is 11.1 Å². The van der Waals surface area contributed by atoms with Gasteiger partial charge in [-0.15, -0.1) is 0 Å². The molecule has 0 radical (unpaired) electrons. The summed E-state index contributed by atoms with van der Waals surface area (Å²) in [4.78, 5) is 0. The van der Waals surface area contributed by atoms with Crippen molar-refractivity contribution in [1.29, 1.82) is 0 Å². The predicted molar refractivity (Wildman–Crippen MR) is 76.8 cm³/mol. The first kappa shape index (κ1) is 14.1. The standard InChI is InChI=1S/C13H20ClN5/c1-8(2)15-6-11-9(3)16-18(5)13(11)19-7-12(14)10(4)17-19/h7-8,15H,6H2,1-5H3. The van der Waals surface area contributed by atoms with Crippen molar-refractivity contribution in [2.24, 2.45) is 7.05 Å². The third-order valence-corrected chi connectivity index (χ3v) is 3.43. The number of aromatic nitrogens is 4. The van der Waals surface area contributed by atoms with E-state index >= 15 is 0 Å². The fourth-order valence-electron chi connectivity index (χ4n) is 2.04. The molecule has 0 amide bonds. The molecule has 0 aliphatic rings. The van der Waals surface area contributed by atoms with Crippen LogP contribution in [0.1, 0.15) is 30.8 Å². The van der Waals surface area contributed by atoms with Crippen LogP contribution in [0.25, 0.3) is 5.82 Å². The van der Waals surface area contributed by atoms with Crippen LogP contribution in [0.3, 0.4) is 0 Å². The number of hydrogen-bond donors (Lipinski definition) is 1. The van der Waals surface area contributed by atoms with Crippen LogP contribution in [0.5, 0.6) is 0 Å². The lowest BCUT2D eigenvalue weighted by Crippen LogP contribution is -2.23. The van der Waals surface area contributed by atoms with Crippen molar-refractivity contribution in [3.05, 3.63) is 28.2 Å². The van der Waals surface area contributed by atoms with Crippen molar-refractivity contribution < 1.29 is 0 Å². The third-order valence-electron chi connectivity index (χ3n) is 3.06. The normalized spacial score (nSPS) is 11.5. The zero-order valence-corrected chi connectivity index (χ0v) is 12.8. The van der Waals surface area contributed by atoms with E-state index in [1.807, 2.05) is 31.8 Å². The Bertz CT molecular complexity index is 563. The zero-order chi connectivity index (χ0) is 14.2. The fraction of sp³-hybridized carbons (Fsp3) is 0.538. The molecule has 0 aliphatic heterocycles. The molecule has 0 atom stereocenters. The lowest BCUT2D eigenvalue weighted by Gasteiger charge is -2.10. The summed E-state index contributed by atoms with van der Waals surface area (Å²) in [6.45, 7) is 8.93. The van der Waals surface area contributed by atoms with Crippen LogP contribution < -0.4 is 5.32 Å². The summed E-state index contributed by atoms with van der Waals surface area (Å²) in [6, 6.07) is 0.426. The number of aryl methyl sites for hydroxylation is 3. The van der Waals surface area contributed by atoms with Gasteiger partial charge in [-0.1, -0.05) is 25.4 Å². The smallest absolute Gasteiger partial charge is 0.156 e. The monoisotopic (exact) mass is 281 g/mol. The Kier molecular flexibility index (Phi) is 3.96. The van der Waals surface area contributed by atoms with Crippen molar-refractivity contribution in [2.45, 2.75) is 40.3 Å². The van der Waals surface area contributed by atoms with E-state index < -0.39 is 0 Å². The number of rotatable bonds is 4. The average Bonchev–Trinajstić information content (AvgIpc) is 2.77. The highest BCUT2D eigenvalue weighted by atomic mass is 35.5. The Labute approximate surface area is 118 Å². The van der Waals surface area contributed by atoms with Crippen LogP contribution in [-0.2, 0) is 13.6 Å². The summed E-state index contributed by atoms with van der Waals surface area (Å²) in [5.41, 5.74) is 2.98. The Balaban J connectivity index is 2.44. The summed E-state index contributed by atoms with van der Waals surface area (Å²) < 4.78 is 3.64. The van der Waals surface area contributed by atoms with Crippen LogP contribution in [0.2, 0.25) is 5.02 Å². The van der Waals surface area contributed by atoms with Crippen LogP contribution in [0, 0.1) is 13.8 Å². The van der Waals surface area contributed by atoms with Crippen LogP contribution in [-0.4, -0.2) is 25.6 Å². The minimum absolute atomic E-state index is 0.426. The van der Waals surface area contributed by atoms with Gasteiger partial charge >= 0.3 is 0 Å². The van der Waals surface area contributed by atoms with E-state index in [0.717, 1.165) is 29.3 Å². The van der Waals surface area contributed by atoms with Gasteiger partial charge in [-0.05, 0) is 13.8 Å².